The van der Waals surface area contributed by atoms with Crippen LogP contribution in [0, 0.1) is 4.91 Å². The van der Waals surface area contributed by atoms with Crippen LogP contribution < -0.4 is 18.9 Å². The molecule has 0 radical (unpaired) electrons. The van der Waals surface area contributed by atoms with E-state index < -0.39 is 0 Å². The molecule has 0 amide bonds. The Balaban J connectivity index is 1.61. The SMILES string of the molecule is O=Nc1ccc2c(c1)OCCCCCOc1ccc(O)cc1OCCOCCO2. The van der Waals surface area contributed by atoms with Gasteiger partial charge in [-0.1, -0.05) is 0 Å². The Morgan fingerprint density at radius 3 is 1.97 bits per heavy atom. The van der Waals surface area contributed by atoms with E-state index in [1.54, 1.807) is 30.3 Å². The Morgan fingerprint density at radius 1 is 0.655 bits per heavy atom. The van der Waals surface area contributed by atoms with Crippen molar-refractivity contribution in [2.75, 3.05) is 39.6 Å². The van der Waals surface area contributed by atoms with Crippen LogP contribution in [0.5, 0.6) is 28.7 Å². The highest BCUT2D eigenvalue weighted by atomic mass is 16.6. The molecule has 0 fully saturated rings. The number of phenols is 1. The first kappa shape index (κ1) is 20.7. The molecule has 0 atom stereocenters. The van der Waals surface area contributed by atoms with Crippen LogP contribution in [-0.4, -0.2) is 44.7 Å². The van der Waals surface area contributed by atoms with Crippen molar-refractivity contribution in [3.8, 4) is 28.7 Å². The predicted octanol–water partition coefficient (Wildman–Crippen LogP) is 4.21. The second kappa shape index (κ2) is 11.1. The largest absolute Gasteiger partial charge is 0.508 e. The molecule has 0 bridgehead atoms. The van der Waals surface area contributed by atoms with Crippen LogP contribution in [0.1, 0.15) is 19.3 Å². The quantitative estimate of drug-likeness (QED) is 0.713. The van der Waals surface area contributed by atoms with Crippen molar-refractivity contribution < 1.29 is 28.8 Å². The van der Waals surface area contributed by atoms with Crippen molar-refractivity contribution in [1.29, 1.82) is 0 Å². The Morgan fingerprint density at radius 2 is 1.24 bits per heavy atom. The molecule has 3 rings (SSSR count). The Labute approximate surface area is 169 Å². The molecule has 156 valence electrons. The van der Waals surface area contributed by atoms with Crippen LogP contribution in [0.2, 0.25) is 0 Å². The summed E-state index contributed by atoms with van der Waals surface area (Å²) >= 11 is 0. The molecular weight excluding hydrogens is 378 g/mol. The summed E-state index contributed by atoms with van der Waals surface area (Å²) in [7, 11) is 0. The first-order valence-electron chi connectivity index (χ1n) is 9.65. The van der Waals surface area contributed by atoms with Gasteiger partial charge in [0.15, 0.2) is 23.0 Å². The fourth-order valence-electron chi connectivity index (χ4n) is 2.78. The van der Waals surface area contributed by atoms with Crippen molar-refractivity contribution in [2.24, 2.45) is 5.18 Å². The minimum absolute atomic E-state index is 0.118. The lowest BCUT2D eigenvalue weighted by molar-refractivity contribution is 0.0743. The fourth-order valence-corrected chi connectivity index (χ4v) is 2.78. The van der Waals surface area contributed by atoms with E-state index >= 15 is 0 Å². The summed E-state index contributed by atoms with van der Waals surface area (Å²) in [5.74, 6) is 2.24. The number of rotatable bonds is 1. The van der Waals surface area contributed by atoms with E-state index in [2.05, 4.69) is 5.18 Å². The van der Waals surface area contributed by atoms with Crippen LogP contribution in [0.3, 0.4) is 0 Å². The minimum Gasteiger partial charge on any atom is -0.508 e. The predicted molar refractivity (Wildman–Crippen MR) is 107 cm³/mol. The van der Waals surface area contributed by atoms with Gasteiger partial charge in [0.05, 0.1) is 26.4 Å². The zero-order valence-corrected chi connectivity index (χ0v) is 16.2. The van der Waals surface area contributed by atoms with Crippen LogP contribution in [0.4, 0.5) is 5.69 Å². The van der Waals surface area contributed by atoms with Crippen LogP contribution in [-0.2, 0) is 4.74 Å². The smallest absolute Gasteiger partial charge is 0.164 e. The summed E-state index contributed by atoms with van der Waals surface area (Å²) in [6, 6.07) is 9.62. The van der Waals surface area contributed by atoms with Gasteiger partial charge in [0.2, 0.25) is 0 Å². The topological polar surface area (TPSA) is 95.8 Å². The fraction of sp³-hybridized carbons (Fsp3) is 0.429. The van der Waals surface area contributed by atoms with Gasteiger partial charge in [-0.15, -0.1) is 4.91 Å². The average molecular weight is 403 g/mol. The zero-order valence-electron chi connectivity index (χ0n) is 16.2. The maximum atomic E-state index is 10.8. The van der Waals surface area contributed by atoms with E-state index in [0.717, 1.165) is 19.3 Å². The minimum atomic E-state index is 0.118. The second-order valence-electron chi connectivity index (χ2n) is 6.42. The maximum Gasteiger partial charge on any atom is 0.164 e. The van der Waals surface area contributed by atoms with Gasteiger partial charge < -0.3 is 28.8 Å². The molecule has 1 aliphatic rings. The summed E-state index contributed by atoms with van der Waals surface area (Å²) in [5, 5.41) is 12.6. The van der Waals surface area contributed by atoms with Crippen molar-refractivity contribution >= 4 is 5.69 Å². The van der Waals surface area contributed by atoms with E-state index in [9.17, 15) is 10.0 Å². The molecule has 0 saturated heterocycles. The van der Waals surface area contributed by atoms with E-state index in [1.807, 2.05) is 0 Å². The molecule has 2 aromatic rings. The summed E-state index contributed by atoms with van der Waals surface area (Å²) in [6.07, 6.45) is 2.57. The monoisotopic (exact) mass is 403 g/mol. The van der Waals surface area contributed by atoms with Crippen molar-refractivity contribution in [1.82, 2.24) is 0 Å². The summed E-state index contributed by atoms with van der Waals surface area (Å²) in [6.45, 7) is 2.37. The van der Waals surface area contributed by atoms with Gasteiger partial charge >= 0.3 is 0 Å². The highest BCUT2D eigenvalue weighted by Gasteiger charge is 2.10. The van der Waals surface area contributed by atoms with Gasteiger partial charge in [-0.25, -0.2) is 0 Å². The number of hydrogen-bond donors (Lipinski definition) is 1. The number of phenolic OH excluding ortho intramolecular Hbond substituents is 1. The van der Waals surface area contributed by atoms with Gasteiger partial charge in [-0.3, -0.25) is 0 Å². The van der Waals surface area contributed by atoms with Crippen LogP contribution >= 0.6 is 0 Å². The first-order valence-corrected chi connectivity index (χ1v) is 9.65. The number of hydrogen-bond acceptors (Lipinski definition) is 8. The molecule has 1 aliphatic heterocycles. The molecule has 0 aromatic heterocycles. The normalized spacial score (nSPS) is 16.3. The molecule has 1 heterocycles. The van der Waals surface area contributed by atoms with Gasteiger partial charge in [0, 0.05) is 12.1 Å². The standard InChI is InChI=1S/C21H25NO7/c23-17-5-7-19-21(15-17)29-13-11-25-10-12-28-18-6-4-16(22-24)14-20(18)27-9-3-1-2-8-26-19/h4-7,14-15,23H,1-3,8-13H2. The van der Waals surface area contributed by atoms with Gasteiger partial charge in [0.1, 0.15) is 24.7 Å². The number of benzene rings is 2. The van der Waals surface area contributed by atoms with E-state index in [0.29, 0.717) is 68.3 Å². The van der Waals surface area contributed by atoms with Crippen LogP contribution in [0.15, 0.2) is 41.6 Å². The van der Waals surface area contributed by atoms with E-state index in [1.165, 1.54) is 6.07 Å². The molecule has 8 heteroatoms. The van der Waals surface area contributed by atoms with Gasteiger partial charge in [0.25, 0.3) is 0 Å². The molecule has 0 spiro atoms. The molecule has 0 unspecified atom stereocenters. The molecule has 0 saturated carbocycles. The number of fused-ring (bicyclic) bond motifs is 2. The third-order valence-electron chi connectivity index (χ3n) is 4.23. The average Bonchev–Trinajstić information content (AvgIpc) is 2.73. The third-order valence-corrected chi connectivity index (χ3v) is 4.23. The van der Waals surface area contributed by atoms with Crippen molar-refractivity contribution in [3.63, 3.8) is 0 Å². The highest BCUT2D eigenvalue weighted by Crippen LogP contribution is 2.33. The molecule has 0 aliphatic carbocycles. The maximum absolute atomic E-state index is 10.8. The molecule has 29 heavy (non-hydrogen) atoms. The molecular formula is C21H25NO7. The second-order valence-corrected chi connectivity index (χ2v) is 6.42. The molecule has 8 nitrogen and oxygen atoms in total. The summed E-state index contributed by atoms with van der Waals surface area (Å²) < 4.78 is 28.5. The Bertz CT molecular complexity index is 797. The van der Waals surface area contributed by atoms with Gasteiger partial charge in [-0.05, 0) is 48.7 Å². The molecule has 1 N–H and O–H groups in total. The molecule has 2 aromatic carbocycles. The van der Waals surface area contributed by atoms with Crippen LogP contribution in [0.25, 0.3) is 0 Å². The first-order chi connectivity index (χ1) is 14.3. The zero-order chi connectivity index (χ0) is 20.3. The lowest BCUT2D eigenvalue weighted by Crippen LogP contribution is -2.13. The Hall–Kier alpha value is -3.00. The summed E-state index contributed by atoms with van der Waals surface area (Å²) in [5.41, 5.74) is 0.293. The number of ether oxygens (including phenoxy) is 5. The Kier molecular flexibility index (Phi) is 7.94. The number of aromatic hydroxyl groups is 1. The van der Waals surface area contributed by atoms with Gasteiger partial charge in [-0.2, -0.15) is 0 Å². The lowest BCUT2D eigenvalue weighted by atomic mass is 10.2. The van der Waals surface area contributed by atoms with Crippen molar-refractivity contribution in [3.05, 3.63) is 41.3 Å². The third kappa shape index (κ3) is 6.53. The van der Waals surface area contributed by atoms with Crippen molar-refractivity contribution in [2.45, 2.75) is 19.3 Å². The number of nitroso groups, excluding NO2 is 1. The lowest BCUT2D eigenvalue weighted by Gasteiger charge is -2.15. The summed E-state index contributed by atoms with van der Waals surface area (Å²) in [4.78, 5) is 10.8. The van der Waals surface area contributed by atoms with E-state index in [4.69, 9.17) is 23.7 Å². The number of nitrogens with zero attached hydrogens (tertiary/aromatic N) is 1. The highest BCUT2D eigenvalue weighted by molar-refractivity contribution is 5.51. The van der Waals surface area contributed by atoms with E-state index in [-0.39, 0.29) is 5.75 Å².